The molecule has 96 valence electrons. The first-order valence-corrected chi connectivity index (χ1v) is 5.63. The summed E-state index contributed by atoms with van der Waals surface area (Å²) in [6.45, 7) is 3.41. The van der Waals surface area contributed by atoms with Crippen molar-refractivity contribution in [1.29, 1.82) is 0 Å². The van der Waals surface area contributed by atoms with Crippen molar-refractivity contribution in [2.24, 2.45) is 0 Å². The number of benzene rings is 1. The van der Waals surface area contributed by atoms with E-state index < -0.39 is 18.1 Å². The van der Waals surface area contributed by atoms with Crippen molar-refractivity contribution in [2.45, 2.75) is 26.7 Å². The predicted molar refractivity (Wildman–Crippen MR) is 63.0 cm³/mol. The number of aryl methyl sites for hydroxylation is 1. The van der Waals surface area contributed by atoms with Crippen molar-refractivity contribution < 1.29 is 23.9 Å². The van der Waals surface area contributed by atoms with E-state index in [9.17, 15) is 14.4 Å². The van der Waals surface area contributed by atoms with Crippen molar-refractivity contribution in [2.75, 3.05) is 0 Å². The molecular weight excluding hydrogens is 236 g/mol. The Hall–Kier alpha value is -2.17. The summed E-state index contributed by atoms with van der Waals surface area (Å²) < 4.78 is 8.67. The van der Waals surface area contributed by atoms with E-state index in [1.54, 1.807) is 24.3 Å². The Morgan fingerprint density at radius 2 is 1.72 bits per heavy atom. The summed E-state index contributed by atoms with van der Waals surface area (Å²) in [5, 5.41) is 0. The molecule has 5 heteroatoms. The van der Waals surface area contributed by atoms with Crippen LogP contribution in [0.2, 0.25) is 0 Å². The van der Waals surface area contributed by atoms with Gasteiger partial charge in [0.1, 0.15) is 0 Å². The summed E-state index contributed by atoms with van der Waals surface area (Å²) >= 11 is 0. The molecule has 1 aromatic carbocycles. The number of rotatable bonds is 3. The number of carbonyl (C=O) groups excluding carboxylic acids is 3. The van der Waals surface area contributed by atoms with Crippen molar-refractivity contribution in [3.8, 4) is 0 Å². The standard InChI is InChI=1S/C13H14O5/c1-3-9-7-5-6-8-10(9)12(15)18-13(16)17-11(14)4-2/h5-8H,3-4H2,1-2H3. The third-order valence-electron chi connectivity index (χ3n) is 2.28. The highest BCUT2D eigenvalue weighted by Gasteiger charge is 2.18. The van der Waals surface area contributed by atoms with Crippen LogP contribution in [-0.4, -0.2) is 18.1 Å². The molecule has 0 saturated heterocycles. The molecule has 0 aliphatic rings. The van der Waals surface area contributed by atoms with Gasteiger partial charge in [0, 0.05) is 6.42 Å². The summed E-state index contributed by atoms with van der Waals surface area (Å²) in [5.41, 5.74) is 1.05. The maximum Gasteiger partial charge on any atom is 0.524 e. The first-order chi connectivity index (χ1) is 8.58. The van der Waals surface area contributed by atoms with E-state index >= 15 is 0 Å². The van der Waals surface area contributed by atoms with E-state index in [1.807, 2.05) is 6.92 Å². The lowest BCUT2D eigenvalue weighted by Crippen LogP contribution is -2.18. The molecule has 18 heavy (non-hydrogen) atoms. The second-order valence-corrected chi connectivity index (χ2v) is 3.48. The highest BCUT2D eigenvalue weighted by Crippen LogP contribution is 2.11. The lowest BCUT2D eigenvalue weighted by Gasteiger charge is -2.06. The monoisotopic (exact) mass is 250 g/mol. The average Bonchev–Trinajstić information content (AvgIpc) is 2.38. The normalized spacial score (nSPS) is 9.67. The van der Waals surface area contributed by atoms with Crippen molar-refractivity contribution in [1.82, 2.24) is 0 Å². The van der Waals surface area contributed by atoms with Gasteiger partial charge in [-0.05, 0) is 18.1 Å². The van der Waals surface area contributed by atoms with Gasteiger partial charge in [-0.15, -0.1) is 0 Å². The van der Waals surface area contributed by atoms with Crippen LogP contribution >= 0.6 is 0 Å². The summed E-state index contributed by atoms with van der Waals surface area (Å²) in [6.07, 6.45) is -0.624. The van der Waals surface area contributed by atoms with Crippen LogP contribution < -0.4 is 0 Å². The second kappa shape index (κ2) is 6.54. The van der Waals surface area contributed by atoms with Gasteiger partial charge in [-0.1, -0.05) is 32.0 Å². The molecule has 0 unspecified atom stereocenters. The van der Waals surface area contributed by atoms with Gasteiger partial charge < -0.3 is 9.47 Å². The third-order valence-corrected chi connectivity index (χ3v) is 2.28. The number of ether oxygens (including phenoxy) is 2. The van der Waals surface area contributed by atoms with Crippen LogP contribution in [0.15, 0.2) is 24.3 Å². The Bertz CT molecular complexity index is 464. The van der Waals surface area contributed by atoms with E-state index in [-0.39, 0.29) is 6.42 Å². The quantitative estimate of drug-likeness (QED) is 0.608. The molecule has 0 radical (unpaired) electrons. The van der Waals surface area contributed by atoms with Crippen LogP contribution in [0.3, 0.4) is 0 Å². The third kappa shape index (κ3) is 3.69. The van der Waals surface area contributed by atoms with Crippen LogP contribution in [0.5, 0.6) is 0 Å². The molecule has 1 aromatic rings. The minimum absolute atomic E-state index is 0.0365. The molecule has 0 saturated carbocycles. The Morgan fingerprint density at radius 3 is 2.33 bits per heavy atom. The summed E-state index contributed by atoms with van der Waals surface area (Å²) in [6, 6.07) is 6.77. The fraction of sp³-hybridized carbons (Fsp3) is 0.308. The van der Waals surface area contributed by atoms with Crippen LogP contribution in [0.1, 0.15) is 36.2 Å². The molecule has 0 atom stereocenters. The fourth-order valence-corrected chi connectivity index (χ4v) is 1.34. The minimum atomic E-state index is -1.29. The lowest BCUT2D eigenvalue weighted by molar-refractivity contribution is -0.138. The zero-order valence-electron chi connectivity index (χ0n) is 10.3. The Morgan fingerprint density at radius 1 is 1.06 bits per heavy atom. The van der Waals surface area contributed by atoms with Gasteiger partial charge in [-0.3, -0.25) is 4.79 Å². The smallest absolute Gasteiger partial charge is 0.360 e. The molecule has 0 spiro atoms. The van der Waals surface area contributed by atoms with Gasteiger partial charge >= 0.3 is 18.1 Å². The first kappa shape index (κ1) is 13.9. The molecule has 0 bridgehead atoms. The van der Waals surface area contributed by atoms with Crippen molar-refractivity contribution in [3.05, 3.63) is 35.4 Å². The molecule has 0 aliphatic heterocycles. The first-order valence-electron chi connectivity index (χ1n) is 5.63. The molecule has 1 rings (SSSR count). The zero-order valence-corrected chi connectivity index (χ0v) is 10.3. The second-order valence-electron chi connectivity index (χ2n) is 3.48. The zero-order chi connectivity index (χ0) is 13.5. The predicted octanol–water partition coefficient (Wildman–Crippen LogP) is 2.48. The molecule has 0 aromatic heterocycles. The van der Waals surface area contributed by atoms with Crippen LogP contribution in [0.25, 0.3) is 0 Å². The van der Waals surface area contributed by atoms with Gasteiger partial charge in [0.2, 0.25) is 0 Å². The van der Waals surface area contributed by atoms with E-state index in [1.165, 1.54) is 6.92 Å². The summed E-state index contributed by atoms with van der Waals surface area (Å²) in [7, 11) is 0. The fourth-order valence-electron chi connectivity index (χ4n) is 1.34. The van der Waals surface area contributed by atoms with E-state index in [4.69, 9.17) is 0 Å². The molecule has 0 fully saturated rings. The van der Waals surface area contributed by atoms with Crippen LogP contribution in [0, 0.1) is 0 Å². The summed E-state index contributed by atoms with van der Waals surface area (Å²) in [4.78, 5) is 33.6. The van der Waals surface area contributed by atoms with Gasteiger partial charge in [0.05, 0.1) is 5.56 Å². The Labute approximate surface area is 105 Å². The molecule has 0 N–H and O–H groups in total. The number of esters is 2. The Balaban J connectivity index is 2.71. The number of carbonyl (C=O) groups is 3. The molecule has 0 aliphatic carbocycles. The van der Waals surface area contributed by atoms with Crippen LogP contribution in [-0.2, 0) is 20.7 Å². The highest BCUT2D eigenvalue weighted by atomic mass is 16.8. The maximum atomic E-state index is 11.7. The molecular formula is C13H14O5. The maximum absolute atomic E-state index is 11.7. The number of hydrogen-bond acceptors (Lipinski definition) is 5. The van der Waals surface area contributed by atoms with Gasteiger partial charge in [0.15, 0.2) is 0 Å². The lowest BCUT2D eigenvalue weighted by atomic mass is 10.1. The molecule has 0 amide bonds. The highest BCUT2D eigenvalue weighted by molar-refractivity contribution is 5.98. The molecule has 0 heterocycles. The van der Waals surface area contributed by atoms with Crippen LogP contribution in [0.4, 0.5) is 4.79 Å². The van der Waals surface area contributed by atoms with Crippen molar-refractivity contribution in [3.63, 3.8) is 0 Å². The van der Waals surface area contributed by atoms with Crippen molar-refractivity contribution >= 4 is 18.1 Å². The summed E-state index contributed by atoms with van der Waals surface area (Å²) in [5.74, 6) is -1.56. The van der Waals surface area contributed by atoms with E-state index in [2.05, 4.69) is 9.47 Å². The van der Waals surface area contributed by atoms with E-state index in [0.717, 1.165) is 5.56 Å². The van der Waals surface area contributed by atoms with Gasteiger partial charge in [0.25, 0.3) is 0 Å². The molecule has 5 nitrogen and oxygen atoms in total. The Kier molecular flexibility index (Phi) is 5.05. The number of hydrogen-bond donors (Lipinski definition) is 0. The topological polar surface area (TPSA) is 69.7 Å². The largest absolute Gasteiger partial charge is 0.524 e. The SMILES string of the molecule is CCC(=O)OC(=O)OC(=O)c1ccccc1CC. The van der Waals surface area contributed by atoms with E-state index in [0.29, 0.717) is 12.0 Å². The van der Waals surface area contributed by atoms with Gasteiger partial charge in [-0.25, -0.2) is 9.59 Å². The average molecular weight is 250 g/mol. The minimum Gasteiger partial charge on any atom is -0.360 e. The van der Waals surface area contributed by atoms with Gasteiger partial charge in [-0.2, -0.15) is 0 Å².